The van der Waals surface area contributed by atoms with E-state index in [1.165, 1.54) is 18.9 Å². The molecule has 0 aliphatic heterocycles. The fraction of sp³-hybridized carbons (Fsp3) is 0.778. The molecule has 0 aromatic heterocycles. The van der Waals surface area contributed by atoms with Crippen LogP contribution in [0.2, 0.25) is 0 Å². The fourth-order valence-corrected chi connectivity index (χ4v) is 1.87. The molecule has 0 rings (SSSR count). The number of ether oxygens (including phenoxy) is 5. The van der Waals surface area contributed by atoms with Gasteiger partial charge in [0, 0.05) is 33.7 Å². The van der Waals surface area contributed by atoms with Crippen molar-refractivity contribution in [3.8, 4) is 0 Å². The van der Waals surface area contributed by atoms with Crippen LogP contribution in [0.4, 0.5) is 9.59 Å². The Bertz CT molecular complexity index is 546. The molecule has 0 spiro atoms. The highest BCUT2D eigenvalue weighted by Gasteiger charge is 2.20. The van der Waals surface area contributed by atoms with Crippen LogP contribution in [-0.4, -0.2) is 74.5 Å². The fourth-order valence-electron chi connectivity index (χ4n) is 1.87. The Morgan fingerprint density at radius 1 is 1.03 bits per heavy atom. The number of methoxy groups -OCH3 is 1. The monoisotopic (exact) mass is 420 g/mol. The zero-order valence-electron chi connectivity index (χ0n) is 17.9. The Hall–Kier alpha value is -2.56. The Kier molecular flexibility index (Phi) is 12.4. The average Bonchev–Trinajstić information content (AvgIpc) is 2.59. The van der Waals surface area contributed by atoms with Gasteiger partial charge in [0.15, 0.2) is 6.79 Å². The first-order valence-corrected chi connectivity index (χ1v) is 9.25. The van der Waals surface area contributed by atoms with Gasteiger partial charge in [0.25, 0.3) is 0 Å². The van der Waals surface area contributed by atoms with Crippen molar-refractivity contribution >= 4 is 24.1 Å². The molecule has 2 amide bonds. The number of amides is 2. The van der Waals surface area contributed by atoms with Crippen LogP contribution in [0.25, 0.3) is 0 Å². The van der Waals surface area contributed by atoms with Gasteiger partial charge in [-0.15, -0.1) is 0 Å². The van der Waals surface area contributed by atoms with Gasteiger partial charge in [0.05, 0.1) is 12.8 Å². The van der Waals surface area contributed by atoms with Gasteiger partial charge in [0.1, 0.15) is 5.60 Å². The predicted octanol–water partition coefficient (Wildman–Crippen LogP) is 1.79. The summed E-state index contributed by atoms with van der Waals surface area (Å²) >= 11 is 0. The van der Waals surface area contributed by atoms with E-state index in [0.717, 1.165) is 0 Å². The maximum Gasteiger partial charge on any atom is 0.412 e. The van der Waals surface area contributed by atoms with Gasteiger partial charge in [-0.3, -0.25) is 9.59 Å². The SMILES string of the molecule is CCN(CCNC(=O)OC(C)(C)C)C(=O)OC(C)OC(=O)CCC(=O)OCOC. The Balaban J connectivity index is 4.23. The van der Waals surface area contributed by atoms with Gasteiger partial charge >= 0.3 is 24.1 Å². The molecule has 0 aliphatic rings. The van der Waals surface area contributed by atoms with Crippen LogP contribution < -0.4 is 5.32 Å². The van der Waals surface area contributed by atoms with Crippen LogP contribution >= 0.6 is 0 Å². The molecule has 11 heteroatoms. The van der Waals surface area contributed by atoms with E-state index in [0.29, 0.717) is 6.54 Å². The molecule has 0 saturated heterocycles. The van der Waals surface area contributed by atoms with E-state index in [4.69, 9.17) is 14.2 Å². The zero-order chi connectivity index (χ0) is 22.4. The quantitative estimate of drug-likeness (QED) is 0.302. The summed E-state index contributed by atoms with van der Waals surface area (Å²) in [6, 6.07) is 0. The minimum atomic E-state index is -1.14. The van der Waals surface area contributed by atoms with Gasteiger partial charge < -0.3 is 33.9 Å². The predicted molar refractivity (Wildman–Crippen MR) is 101 cm³/mol. The summed E-state index contributed by atoms with van der Waals surface area (Å²) in [5, 5.41) is 2.54. The molecule has 168 valence electrons. The van der Waals surface area contributed by atoms with Crippen LogP contribution in [0.15, 0.2) is 0 Å². The van der Waals surface area contributed by atoms with E-state index in [1.807, 2.05) is 0 Å². The van der Waals surface area contributed by atoms with Crippen molar-refractivity contribution in [3.63, 3.8) is 0 Å². The summed E-state index contributed by atoms with van der Waals surface area (Å²) in [6.45, 7) is 8.81. The summed E-state index contributed by atoms with van der Waals surface area (Å²) in [7, 11) is 1.37. The molecule has 0 aromatic rings. The first-order chi connectivity index (χ1) is 13.5. The highest BCUT2D eigenvalue weighted by molar-refractivity contribution is 5.77. The third-order valence-electron chi connectivity index (χ3n) is 3.13. The summed E-state index contributed by atoms with van der Waals surface area (Å²) in [5.41, 5.74) is -0.618. The van der Waals surface area contributed by atoms with Gasteiger partial charge in [-0.05, 0) is 27.7 Å². The third-order valence-corrected chi connectivity index (χ3v) is 3.13. The topological polar surface area (TPSA) is 130 Å². The maximum absolute atomic E-state index is 12.1. The Morgan fingerprint density at radius 2 is 1.66 bits per heavy atom. The molecule has 1 atom stereocenters. The molecule has 0 saturated carbocycles. The molecule has 29 heavy (non-hydrogen) atoms. The van der Waals surface area contributed by atoms with E-state index in [-0.39, 0.29) is 32.7 Å². The molecule has 0 aliphatic carbocycles. The van der Waals surface area contributed by atoms with E-state index in [1.54, 1.807) is 27.7 Å². The number of likely N-dealkylation sites (N-methyl/N-ethyl adjacent to an activating group) is 1. The lowest BCUT2D eigenvalue weighted by molar-refractivity contribution is -0.169. The first-order valence-electron chi connectivity index (χ1n) is 9.25. The number of nitrogens with one attached hydrogen (secondary N) is 1. The van der Waals surface area contributed by atoms with Crippen molar-refractivity contribution in [1.82, 2.24) is 10.2 Å². The number of alkyl carbamates (subject to hydrolysis) is 1. The van der Waals surface area contributed by atoms with Crippen LogP contribution in [0, 0.1) is 0 Å². The number of carbonyl (C=O) groups is 4. The largest absolute Gasteiger partial charge is 0.444 e. The highest BCUT2D eigenvalue weighted by atomic mass is 16.7. The van der Waals surface area contributed by atoms with E-state index >= 15 is 0 Å². The van der Waals surface area contributed by atoms with Crippen molar-refractivity contribution < 1.29 is 42.9 Å². The maximum atomic E-state index is 12.1. The van der Waals surface area contributed by atoms with Crippen LogP contribution in [0.5, 0.6) is 0 Å². The second kappa shape index (κ2) is 13.6. The minimum Gasteiger partial charge on any atom is -0.444 e. The highest BCUT2D eigenvalue weighted by Crippen LogP contribution is 2.07. The normalized spacial score (nSPS) is 11.8. The van der Waals surface area contributed by atoms with Gasteiger partial charge in [-0.2, -0.15) is 0 Å². The van der Waals surface area contributed by atoms with Crippen molar-refractivity contribution in [1.29, 1.82) is 0 Å². The average molecular weight is 420 g/mol. The molecule has 1 unspecified atom stereocenters. The lowest BCUT2D eigenvalue weighted by Gasteiger charge is -2.24. The molecule has 0 fully saturated rings. The molecule has 0 heterocycles. The number of carbonyl (C=O) groups excluding carboxylic acids is 4. The second-order valence-electron chi connectivity index (χ2n) is 6.87. The van der Waals surface area contributed by atoms with Crippen molar-refractivity contribution in [2.75, 3.05) is 33.5 Å². The molecular weight excluding hydrogens is 388 g/mol. The number of hydrogen-bond donors (Lipinski definition) is 1. The molecule has 11 nitrogen and oxygen atoms in total. The third kappa shape index (κ3) is 14.1. The number of hydrogen-bond acceptors (Lipinski definition) is 9. The van der Waals surface area contributed by atoms with Crippen molar-refractivity contribution in [3.05, 3.63) is 0 Å². The van der Waals surface area contributed by atoms with E-state index in [9.17, 15) is 19.2 Å². The Morgan fingerprint density at radius 3 is 2.21 bits per heavy atom. The molecule has 0 aromatic carbocycles. The van der Waals surface area contributed by atoms with Gasteiger partial charge in [0.2, 0.25) is 6.29 Å². The van der Waals surface area contributed by atoms with Gasteiger partial charge in [-0.25, -0.2) is 9.59 Å². The molecular formula is C18H32N2O9. The number of nitrogens with zero attached hydrogens (tertiary/aromatic N) is 1. The summed E-state index contributed by atoms with van der Waals surface area (Å²) in [5.74, 6) is -1.32. The zero-order valence-corrected chi connectivity index (χ0v) is 17.9. The van der Waals surface area contributed by atoms with E-state index < -0.39 is 36.0 Å². The lowest BCUT2D eigenvalue weighted by Crippen LogP contribution is -2.41. The lowest BCUT2D eigenvalue weighted by atomic mass is 10.2. The smallest absolute Gasteiger partial charge is 0.412 e. The van der Waals surface area contributed by atoms with E-state index in [2.05, 4.69) is 14.8 Å². The summed E-state index contributed by atoms with van der Waals surface area (Å²) in [4.78, 5) is 48.0. The molecule has 0 bridgehead atoms. The number of esters is 2. The van der Waals surface area contributed by atoms with Crippen molar-refractivity contribution in [2.24, 2.45) is 0 Å². The standard InChI is InChI=1S/C18H32N2O9/c1-7-20(11-10-19-16(23)29-18(3,4)5)17(24)28-13(2)27-15(22)9-8-14(21)26-12-25-6/h13H,7-12H2,1-6H3,(H,19,23). The number of rotatable bonds is 11. The molecule has 1 N–H and O–H groups in total. The summed E-state index contributed by atoms with van der Waals surface area (Å²) in [6.07, 6.45) is -2.84. The minimum absolute atomic E-state index is 0.162. The van der Waals surface area contributed by atoms with Gasteiger partial charge in [-0.1, -0.05) is 0 Å². The van der Waals surface area contributed by atoms with Crippen LogP contribution in [-0.2, 0) is 33.3 Å². The van der Waals surface area contributed by atoms with Crippen LogP contribution in [0.1, 0.15) is 47.5 Å². The molecule has 0 radical (unpaired) electrons. The van der Waals surface area contributed by atoms with Crippen molar-refractivity contribution in [2.45, 2.75) is 59.4 Å². The second-order valence-corrected chi connectivity index (χ2v) is 6.87. The first kappa shape index (κ1) is 26.4. The van der Waals surface area contributed by atoms with Crippen LogP contribution in [0.3, 0.4) is 0 Å². The summed E-state index contributed by atoms with van der Waals surface area (Å²) < 4.78 is 24.3. The Labute approximate surface area is 170 Å².